The van der Waals surface area contributed by atoms with Crippen molar-refractivity contribution >= 4 is 15.9 Å². The number of hydrogen-bond donors (Lipinski definition) is 0. The molecule has 2 aromatic rings. The molecule has 0 spiro atoms. The molecule has 0 radical (unpaired) electrons. The summed E-state index contributed by atoms with van der Waals surface area (Å²) in [7, 11) is 0. The predicted octanol–water partition coefficient (Wildman–Crippen LogP) is 3.11. The van der Waals surface area contributed by atoms with Gasteiger partial charge in [0.15, 0.2) is 11.5 Å². The molecule has 2 rings (SSSR count). The number of nitriles is 1. The average Bonchev–Trinajstić information content (AvgIpc) is 2.60. The summed E-state index contributed by atoms with van der Waals surface area (Å²) in [6, 6.07) is 7.96. The third-order valence-corrected chi connectivity index (χ3v) is 2.60. The maximum Gasteiger partial charge on any atom is 0.198 e. The number of benzene rings is 1. The molecule has 0 aliphatic heterocycles. The third kappa shape index (κ3) is 1.64. The second-order valence-electron chi connectivity index (χ2n) is 2.77. The molecule has 1 heterocycles. The van der Waals surface area contributed by atoms with E-state index in [0.717, 1.165) is 0 Å². The number of halogens is 2. The Morgan fingerprint density at radius 3 is 2.73 bits per heavy atom. The second-order valence-corrected chi connectivity index (χ2v) is 3.56. The first-order chi connectivity index (χ1) is 7.24. The van der Waals surface area contributed by atoms with Crippen molar-refractivity contribution < 1.29 is 8.91 Å². The maximum absolute atomic E-state index is 13.4. The Morgan fingerprint density at radius 2 is 2.13 bits per heavy atom. The second kappa shape index (κ2) is 3.83. The van der Waals surface area contributed by atoms with Crippen molar-refractivity contribution in [3.8, 4) is 17.4 Å². The fourth-order valence-electron chi connectivity index (χ4n) is 1.16. The Balaban J connectivity index is 2.61. The van der Waals surface area contributed by atoms with Crippen molar-refractivity contribution in [2.45, 2.75) is 0 Å². The molecule has 0 bridgehead atoms. The molecule has 3 nitrogen and oxygen atoms in total. The summed E-state index contributed by atoms with van der Waals surface area (Å²) in [4.78, 5) is 0. The minimum atomic E-state index is -0.418. The maximum atomic E-state index is 13.4. The standard InChI is InChI=1S/C10H4BrFN2O/c11-9-8(5-13)14-15-10(9)6-3-1-2-4-7(6)12/h1-4H. The molecule has 5 heteroatoms. The van der Waals surface area contributed by atoms with E-state index in [2.05, 4.69) is 21.1 Å². The highest BCUT2D eigenvalue weighted by Gasteiger charge is 2.17. The van der Waals surface area contributed by atoms with Gasteiger partial charge in [0, 0.05) is 0 Å². The lowest BCUT2D eigenvalue weighted by atomic mass is 10.1. The van der Waals surface area contributed by atoms with E-state index in [4.69, 9.17) is 9.78 Å². The van der Waals surface area contributed by atoms with Crippen molar-refractivity contribution in [3.63, 3.8) is 0 Å². The predicted molar refractivity (Wildman–Crippen MR) is 54.3 cm³/mol. The SMILES string of the molecule is N#Cc1noc(-c2ccccc2F)c1Br. The number of aromatic nitrogens is 1. The first-order valence-corrected chi connectivity index (χ1v) is 4.83. The average molecular weight is 267 g/mol. The van der Waals surface area contributed by atoms with Gasteiger partial charge in [0.25, 0.3) is 0 Å². The van der Waals surface area contributed by atoms with Crippen molar-refractivity contribution in [3.05, 3.63) is 40.2 Å². The van der Waals surface area contributed by atoms with E-state index >= 15 is 0 Å². The highest BCUT2D eigenvalue weighted by Crippen LogP contribution is 2.32. The van der Waals surface area contributed by atoms with Crippen LogP contribution in [0.2, 0.25) is 0 Å². The molecule has 1 aromatic carbocycles. The van der Waals surface area contributed by atoms with Crippen LogP contribution in [0.3, 0.4) is 0 Å². The Morgan fingerprint density at radius 1 is 1.40 bits per heavy atom. The first kappa shape index (κ1) is 9.87. The Bertz CT molecular complexity index is 545. The molecule has 0 fully saturated rings. The normalized spacial score (nSPS) is 9.93. The van der Waals surface area contributed by atoms with Crippen LogP contribution in [0.25, 0.3) is 11.3 Å². The summed E-state index contributed by atoms with van der Waals surface area (Å²) in [5.41, 5.74) is 0.381. The first-order valence-electron chi connectivity index (χ1n) is 4.04. The van der Waals surface area contributed by atoms with Gasteiger partial charge in [0.2, 0.25) is 0 Å². The van der Waals surface area contributed by atoms with Crippen LogP contribution >= 0.6 is 15.9 Å². The lowest BCUT2D eigenvalue weighted by Gasteiger charge is -1.97. The monoisotopic (exact) mass is 266 g/mol. The summed E-state index contributed by atoms with van der Waals surface area (Å²) in [6.07, 6.45) is 0. The van der Waals surface area contributed by atoms with E-state index in [1.165, 1.54) is 6.07 Å². The van der Waals surface area contributed by atoms with E-state index in [9.17, 15) is 4.39 Å². The molecule has 0 saturated carbocycles. The van der Waals surface area contributed by atoms with Gasteiger partial charge in [-0.1, -0.05) is 17.3 Å². The van der Waals surface area contributed by atoms with Crippen molar-refractivity contribution in [1.82, 2.24) is 5.16 Å². The zero-order valence-electron chi connectivity index (χ0n) is 7.37. The number of rotatable bonds is 1. The molecule has 0 aliphatic carbocycles. The van der Waals surface area contributed by atoms with Gasteiger partial charge in [0.05, 0.1) is 5.56 Å². The zero-order chi connectivity index (χ0) is 10.8. The fourth-order valence-corrected chi connectivity index (χ4v) is 1.61. The van der Waals surface area contributed by atoms with Gasteiger partial charge in [-0.15, -0.1) is 0 Å². The number of hydrogen-bond acceptors (Lipinski definition) is 3. The molecule has 0 N–H and O–H groups in total. The summed E-state index contributed by atoms with van der Waals surface area (Å²) >= 11 is 3.14. The van der Waals surface area contributed by atoms with Crippen molar-refractivity contribution in [2.75, 3.05) is 0 Å². The summed E-state index contributed by atoms with van der Waals surface area (Å²) < 4.78 is 18.6. The van der Waals surface area contributed by atoms with Crippen molar-refractivity contribution in [2.24, 2.45) is 0 Å². The Hall–Kier alpha value is -1.67. The van der Waals surface area contributed by atoms with Crippen LogP contribution in [0.5, 0.6) is 0 Å². The molecular formula is C10H4BrFN2O. The molecule has 0 amide bonds. The van der Waals surface area contributed by atoms with E-state index in [0.29, 0.717) is 4.47 Å². The Labute approximate surface area is 93.2 Å². The highest BCUT2D eigenvalue weighted by molar-refractivity contribution is 9.10. The van der Waals surface area contributed by atoms with Gasteiger partial charge in [-0.25, -0.2) is 4.39 Å². The topological polar surface area (TPSA) is 49.8 Å². The molecule has 0 aliphatic rings. The van der Waals surface area contributed by atoms with Crippen LogP contribution in [0.4, 0.5) is 4.39 Å². The van der Waals surface area contributed by atoms with E-state index in [-0.39, 0.29) is 17.0 Å². The molecule has 0 unspecified atom stereocenters. The van der Waals surface area contributed by atoms with Gasteiger partial charge in [-0.05, 0) is 28.1 Å². The van der Waals surface area contributed by atoms with E-state index in [1.54, 1.807) is 18.2 Å². The van der Waals surface area contributed by atoms with Crippen LogP contribution in [0.1, 0.15) is 5.69 Å². The van der Waals surface area contributed by atoms with Gasteiger partial charge >= 0.3 is 0 Å². The summed E-state index contributed by atoms with van der Waals surface area (Å²) in [5, 5.41) is 12.2. The zero-order valence-corrected chi connectivity index (χ0v) is 8.95. The van der Waals surface area contributed by atoms with Gasteiger partial charge in [-0.3, -0.25) is 0 Å². The molecular weight excluding hydrogens is 263 g/mol. The summed E-state index contributed by atoms with van der Waals surface area (Å²) in [6.45, 7) is 0. The smallest absolute Gasteiger partial charge is 0.198 e. The van der Waals surface area contributed by atoms with E-state index < -0.39 is 5.82 Å². The quantitative estimate of drug-likeness (QED) is 0.797. The summed E-state index contributed by atoms with van der Waals surface area (Å²) in [5.74, 6) is -0.191. The van der Waals surface area contributed by atoms with Crippen molar-refractivity contribution in [1.29, 1.82) is 5.26 Å². The fraction of sp³-hybridized carbons (Fsp3) is 0. The highest BCUT2D eigenvalue weighted by atomic mass is 79.9. The third-order valence-electron chi connectivity index (χ3n) is 1.86. The lowest BCUT2D eigenvalue weighted by molar-refractivity contribution is 0.427. The number of nitrogens with zero attached hydrogens (tertiary/aromatic N) is 2. The molecule has 74 valence electrons. The molecule has 0 saturated heterocycles. The van der Waals surface area contributed by atoms with Gasteiger partial charge in [-0.2, -0.15) is 5.26 Å². The van der Waals surface area contributed by atoms with Crippen LogP contribution in [-0.4, -0.2) is 5.16 Å². The molecule has 1 aromatic heterocycles. The van der Waals surface area contributed by atoms with Crippen LogP contribution in [-0.2, 0) is 0 Å². The molecule has 0 atom stereocenters. The van der Waals surface area contributed by atoms with Crippen LogP contribution in [0.15, 0.2) is 33.3 Å². The van der Waals surface area contributed by atoms with Gasteiger partial charge < -0.3 is 4.52 Å². The minimum absolute atomic E-state index is 0.105. The molecule has 15 heavy (non-hydrogen) atoms. The van der Waals surface area contributed by atoms with E-state index in [1.807, 2.05) is 6.07 Å². The minimum Gasteiger partial charge on any atom is -0.354 e. The lowest BCUT2D eigenvalue weighted by Crippen LogP contribution is -1.81. The largest absolute Gasteiger partial charge is 0.354 e. The van der Waals surface area contributed by atoms with Crippen LogP contribution in [0, 0.1) is 17.1 Å². The van der Waals surface area contributed by atoms with Crippen LogP contribution < -0.4 is 0 Å². The Kier molecular flexibility index (Phi) is 2.52. The van der Waals surface area contributed by atoms with Gasteiger partial charge in [0.1, 0.15) is 16.4 Å².